The van der Waals surface area contributed by atoms with Crippen LogP contribution in [0.15, 0.2) is 23.1 Å². The maximum absolute atomic E-state index is 11.6. The van der Waals surface area contributed by atoms with E-state index in [0.717, 1.165) is 16.3 Å². The fourth-order valence-electron chi connectivity index (χ4n) is 1.71. The fourth-order valence-corrected chi connectivity index (χ4v) is 2.64. The molecule has 1 atom stereocenters. The number of thioether (sulfide) groups is 1. The minimum atomic E-state index is -0.00354. The van der Waals surface area contributed by atoms with Crippen LogP contribution in [0.2, 0.25) is 0 Å². The third-order valence-corrected chi connectivity index (χ3v) is 4.25. The Kier molecular flexibility index (Phi) is 3.33. The van der Waals surface area contributed by atoms with Crippen molar-refractivity contribution in [3.05, 3.63) is 18.2 Å². The van der Waals surface area contributed by atoms with E-state index in [1.807, 2.05) is 13.0 Å². The lowest BCUT2D eigenvalue weighted by Gasteiger charge is -2.27. The van der Waals surface area contributed by atoms with Crippen molar-refractivity contribution in [2.45, 2.75) is 37.0 Å². The molecule has 0 bridgehead atoms. The van der Waals surface area contributed by atoms with Crippen LogP contribution >= 0.6 is 11.8 Å². The van der Waals surface area contributed by atoms with Crippen molar-refractivity contribution >= 4 is 29.0 Å². The number of nitrogens with one attached hydrogen (secondary N) is 1. The van der Waals surface area contributed by atoms with E-state index >= 15 is 0 Å². The topological polar surface area (TPSA) is 32.3 Å². The van der Waals surface area contributed by atoms with Crippen LogP contribution in [0.4, 0.5) is 11.4 Å². The zero-order valence-electron chi connectivity index (χ0n) is 10.7. The lowest BCUT2D eigenvalue weighted by Crippen LogP contribution is -2.28. The van der Waals surface area contributed by atoms with E-state index in [4.69, 9.17) is 0 Å². The third kappa shape index (κ3) is 2.41. The lowest BCUT2D eigenvalue weighted by molar-refractivity contribution is -0.115. The molecule has 17 heavy (non-hydrogen) atoms. The van der Waals surface area contributed by atoms with Crippen molar-refractivity contribution in [2.75, 3.05) is 17.3 Å². The molecule has 1 aromatic carbocycles. The second kappa shape index (κ2) is 4.61. The Morgan fingerprint density at radius 1 is 1.41 bits per heavy atom. The largest absolute Gasteiger partial charge is 0.372 e. The van der Waals surface area contributed by atoms with Gasteiger partial charge in [-0.1, -0.05) is 0 Å². The molecule has 1 heterocycles. The molecule has 0 spiro atoms. The Balaban J connectivity index is 2.32. The molecule has 1 N–H and O–H groups in total. The maximum atomic E-state index is 11.6. The molecule has 1 unspecified atom stereocenters. The van der Waals surface area contributed by atoms with Crippen LogP contribution in [0.25, 0.3) is 0 Å². The minimum Gasteiger partial charge on any atom is -0.372 e. The van der Waals surface area contributed by atoms with Crippen LogP contribution in [0.3, 0.4) is 0 Å². The fraction of sp³-hybridized carbons (Fsp3) is 0.462. The van der Waals surface area contributed by atoms with Gasteiger partial charge in [-0.05, 0) is 39.0 Å². The maximum Gasteiger partial charge on any atom is 0.237 e. The average molecular weight is 250 g/mol. The lowest BCUT2D eigenvalue weighted by atomic mass is 10.2. The molecular formula is C13H18N2OS. The predicted molar refractivity (Wildman–Crippen MR) is 73.9 cm³/mol. The number of hydrogen-bond acceptors (Lipinski definition) is 3. The molecule has 92 valence electrons. The molecule has 1 amide bonds. The molecule has 0 aliphatic carbocycles. The van der Waals surface area contributed by atoms with Crippen LogP contribution in [-0.4, -0.2) is 24.2 Å². The van der Waals surface area contributed by atoms with Gasteiger partial charge in [0.1, 0.15) is 0 Å². The van der Waals surface area contributed by atoms with Gasteiger partial charge in [-0.3, -0.25) is 4.79 Å². The number of amides is 1. The molecule has 4 heteroatoms. The minimum absolute atomic E-state index is 0.00354. The zero-order chi connectivity index (χ0) is 12.6. The molecule has 0 saturated heterocycles. The summed E-state index contributed by atoms with van der Waals surface area (Å²) in [5.74, 6) is 0.0897. The van der Waals surface area contributed by atoms with Gasteiger partial charge in [0, 0.05) is 23.7 Å². The van der Waals surface area contributed by atoms with Gasteiger partial charge in [0.05, 0.1) is 10.9 Å². The van der Waals surface area contributed by atoms with Crippen molar-refractivity contribution < 1.29 is 4.79 Å². The number of nitrogens with zero attached hydrogens (tertiary/aromatic N) is 1. The number of benzene rings is 1. The second-order valence-electron chi connectivity index (χ2n) is 4.63. The SMILES string of the molecule is CC1Sc2ccc(N(C)C(C)C)cc2NC1=O. The van der Waals surface area contributed by atoms with Crippen LogP contribution in [0, 0.1) is 0 Å². The number of fused-ring (bicyclic) bond motifs is 1. The highest BCUT2D eigenvalue weighted by Gasteiger charge is 2.23. The summed E-state index contributed by atoms with van der Waals surface area (Å²) < 4.78 is 0. The quantitative estimate of drug-likeness (QED) is 0.876. The third-order valence-electron chi connectivity index (χ3n) is 3.08. The number of carbonyl (C=O) groups excluding carboxylic acids is 1. The molecule has 2 rings (SSSR count). The molecule has 3 nitrogen and oxygen atoms in total. The van der Waals surface area contributed by atoms with Gasteiger partial charge in [0.15, 0.2) is 0 Å². The predicted octanol–water partition coefficient (Wildman–Crippen LogP) is 2.96. The Bertz CT molecular complexity index is 445. The molecule has 0 saturated carbocycles. The van der Waals surface area contributed by atoms with Gasteiger partial charge in [-0.2, -0.15) is 0 Å². The normalized spacial score (nSPS) is 18.9. The highest BCUT2D eigenvalue weighted by molar-refractivity contribution is 8.00. The summed E-state index contributed by atoms with van der Waals surface area (Å²) in [7, 11) is 2.06. The summed E-state index contributed by atoms with van der Waals surface area (Å²) in [6.45, 7) is 6.22. The molecular weight excluding hydrogens is 232 g/mol. The number of hydrogen-bond donors (Lipinski definition) is 1. The van der Waals surface area contributed by atoms with Gasteiger partial charge in [-0.25, -0.2) is 0 Å². The van der Waals surface area contributed by atoms with E-state index in [-0.39, 0.29) is 11.2 Å². The van der Waals surface area contributed by atoms with Gasteiger partial charge >= 0.3 is 0 Å². The molecule has 0 aromatic heterocycles. The Hall–Kier alpha value is -1.16. The first kappa shape index (κ1) is 12.3. The standard InChI is InChI=1S/C13H18N2OS/c1-8(2)15(4)10-5-6-12-11(7-10)14-13(16)9(3)17-12/h5-9H,1-4H3,(H,14,16). The Labute approximate surface area is 107 Å². The van der Waals surface area contributed by atoms with Gasteiger partial charge < -0.3 is 10.2 Å². The van der Waals surface area contributed by atoms with Gasteiger partial charge in [0.2, 0.25) is 5.91 Å². The summed E-state index contributed by atoms with van der Waals surface area (Å²) in [6, 6.07) is 6.69. The first-order chi connectivity index (χ1) is 7.99. The second-order valence-corrected chi connectivity index (χ2v) is 6.02. The first-order valence-corrected chi connectivity index (χ1v) is 6.71. The molecule has 0 fully saturated rings. The number of anilines is 2. The average Bonchev–Trinajstić information content (AvgIpc) is 2.29. The van der Waals surface area contributed by atoms with Crippen molar-refractivity contribution in [1.82, 2.24) is 0 Å². The highest BCUT2D eigenvalue weighted by Crippen LogP contribution is 2.37. The van der Waals surface area contributed by atoms with Crippen LogP contribution in [0.1, 0.15) is 20.8 Å². The summed E-state index contributed by atoms with van der Waals surface area (Å²) in [6.07, 6.45) is 0. The Morgan fingerprint density at radius 3 is 2.76 bits per heavy atom. The van der Waals surface area contributed by atoms with Crippen molar-refractivity contribution in [3.63, 3.8) is 0 Å². The summed E-state index contributed by atoms with van der Waals surface area (Å²) in [5.41, 5.74) is 2.07. The van der Waals surface area contributed by atoms with Gasteiger partial charge in [0.25, 0.3) is 0 Å². The van der Waals surface area contributed by atoms with Crippen LogP contribution < -0.4 is 10.2 Å². The molecule has 1 aliphatic rings. The van der Waals surface area contributed by atoms with E-state index < -0.39 is 0 Å². The zero-order valence-corrected chi connectivity index (χ0v) is 11.5. The van der Waals surface area contributed by atoms with E-state index in [1.165, 1.54) is 0 Å². The van der Waals surface area contributed by atoms with E-state index in [0.29, 0.717) is 6.04 Å². The van der Waals surface area contributed by atoms with Crippen molar-refractivity contribution in [2.24, 2.45) is 0 Å². The van der Waals surface area contributed by atoms with E-state index in [2.05, 4.69) is 43.2 Å². The highest BCUT2D eigenvalue weighted by atomic mass is 32.2. The van der Waals surface area contributed by atoms with E-state index in [1.54, 1.807) is 11.8 Å². The molecule has 1 aromatic rings. The van der Waals surface area contributed by atoms with Gasteiger partial charge in [-0.15, -0.1) is 11.8 Å². The summed E-state index contributed by atoms with van der Waals surface area (Å²) in [5, 5.41) is 2.95. The van der Waals surface area contributed by atoms with Crippen LogP contribution in [-0.2, 0) is 4.79 Å². The van der Waals surface area contributed by atoms with Crippen LogP contribution in [0.5, 0.6) is 0 Å². The van der Waals surface area contributed by atoms with Crippen molar-refractivity contribution in [1.29, 1.82) is 0 Å². The molecule has 1 aliphatic heterocycles. The van der Waals surface area contributed by atoms with Crippen molar-refractivity contribution in [3.8, 4) is 0 Å². The summed E-state index contributed by atoms with van der Waals surface area (Å²) >= 11 is 1.62. The first-order valence-electron chi connectivity index (χ1n) is 5.83. The summed E-state index contributed by atoms with van der Waals surface area (Å²) in [4.78, 5) is 15.0. The number of carbonyl (C=O) groups is 1. The smallest absolute Gasteiger partial charge is 0.237 e. The molecule has 0 radical (unpaired) electrons. The number of rotatable bonds is 2. The van der Waals surface area contributed by atoms with E-state index in [9.17, 15) is 4.79 Å². The Morgan fingerprint density at radius 2 is 2.12 bits per heavy atom. The monoisotopic (exact) mass is 250 g/mol.